The maximum Gasteiger partial charge on any atom is 0.265 e. The van der Waals surface area contributed by atoms with Crippen LogP contribution in [0.4, 0.5) is 5.69 Å². The summed E-state index contributed by atoms with van der Waals surface area (Å²) < 4.78 is 42.9. The van der Waals surface area contributed by atoms with Crippen molar-refractivity contribution in [3.63, 3.8) is 0 Å². The molecule has 162 valence electrons. The van der Waals surface area contributed by atoms with E-state index in [4.69, 9.17) is 14.2 Å². The van der Waals surface area contributed by atoms with Gasteiger partial charge in [0.1, 0.15) is 11.5 Å². The van der Waals surface area contributed by atoms with Crippen LogP contribution < -0.4 is 14.8 Å². The lowest BCUT2D eigenvalue weighted by Crippen LogP contribution is -2.40. The summed E-state index contributed by atoms with van der Waals surface area (Å²) in [6.45, 7) is 3.29. The SMILES string of the molecule is CCC(Oc1cccc(OC)c1)C(=O)Nc1ccc(S(=O)(=O)N2CCOCC2)cc1. The molecule has 1 fully saturated rings. The highest BCUT2D eigenvalue weighted by Gasteiger charge is 2.26. The van der Waals surface area contributed by atoms with Gasteiger partial charge in [0.05, 0.1) is 25.2 Å². The van der Waals surface area contributed by atoms with Gasteiger partial charge in [-0.3, -0.25) is 4.79 Å². The molecule has 0 spiro atoms. The van der Waals surface area contributed by atoms with Crippen LogP contribution in [0.3, 0.4) is 0 Å². The molecule has 1 amide bonds. The van der Waals surface area contributed by atoms with Gasteiger partial charge < -0.3 is 19.5 Å². The van der Waals surface area contributed by atoms with E-state index in [-0.39, 0.29) is 10.8 Å². The summed E-state index contributed by atoms with van der Waals surface area (Å²) in [5.74, 6) is 0.854. The van der Waals surface area contributed by atoms with Crippen molar-refractivity contribution in [2.24, 2.45) is 0 Å². The van der Waals surface area contributed by atoms with E-state index in [1.54, 1.807) is 43.5 Å². The van der Waals surface area contributed by atoms with Crippen LogP contribution in [0, 0.1) is 0 Å². The van der Waals surface area contributed by atoms with Crippen molar-refractivity contribution in [3.8, 4) is 11.5 Å². The van der Waals surface area contributed by atoms with E-state index in [1.165, 1.54) is 16.4 Å². The molecule has 0 aliphatic carbocycles. The molecule has 3 rings (SSSR count). The lowest BCUT2D eigenvalue weighted by Gasteiger charge is -2.26. The Kier molecular flexibility index (Phi) is 7.30. The van der Waals surface area contributed by atoms with Gasteiger partial charge in [0.15, 0.2) is 6.10 Å². The average molecular weight is 435 g/mol. The largest absolute Gasteiger partial charge is 0.497 e. The molecule has 1 atom stereocenters. The second-order valence-electron chi connectivity index (χ2n) is 6.72. The number of carbonyl (C=O) groups excluding carboxylic acids is 1. The van der Waals surface area contributed by atoms with Gasteiger partial charge in [0.2, 0.25) is 10.0 Å². The summed E-state index contributed by atoms with van der Waals surface area (Å²) in [6, 6.07) is 13.2. The van der Waals surface area contributed by atoms with Gasteiger partial charge in [-0.15, -0.1) is 0 Å². The standard InChI is InChI=1S/C21H26N2O6S/c1-3-20(29-18-6-4-5-17(15-18)27-2)21(24)22-16-7-9-19(10-8-16)30(25,26)23-11-13-28-14-12-23/h4-10,15,20H,3,11-14H2,1-2H3,(H,22,24). The van der Waals surface area contributed by atoms with Crippen LogP contribution in [0.25, 0.3) is 0 Å². The van der Waals surface area contributed by atoms with E-state index >= 15 is 0 Å². The fourth-order valence-corrected chi connectivity index (χ4v) is 4.44. The number of methoxy groups -OCH3 is 1. The predicted octanol–water partition coefficient (Wildman–Crippen LogP) is 2.51. The van der Waals surface area contributed by atoms with Gasteiger partial charge in [-0.2, -0.15) is 4.31 Å². The summed E-state index contributed by atoms with van der Waals surface area (Å²) in [5.41, 5.74) is 0.494. The van der Waals surface area contributed by atoms with Gasteiger partial charge in [-0.1, -0.05) is 13.0 Å². The number of amides is 1. The van der Waals surface area contributed by atoms with Crippen LogP contribution in [0.15, 0.2) is 53.4 Å². The van der Waals surface area contributed by atoms with Gasteiger partial charge in [0, 0.05) is 24.8 Å². The minimum absolute atomic E-state index is 0.182. The number of morpholine rings is 1. The fraction of sp³-hybridized carbons (Fsp3) is 0.381. The zero-order chi connectivity index (χ0) is 21.6. The van der Waals surface area contributed by atoms with Crippen molar-refractivity contribution in [3.05, 3.63) is 48.5 Å². The molecule has 0 bridgehead atoms. The third-order valence-electron chi connectivity index (χ3n) is 4.71. The number of sulfonamides is 1. The van der Waals surface area contributed by atoms with E-state index in [0.717, 1.165) is 0 Å². The molecule has 2 aromatic carbocycles. The number of hydrogen-bond acceptors (Lipinski definition) is 6. The number of nitrogens with one attached hydrogen (secondary N) is 1. The predicted molar refractivity (Wildman–Crippen MR) is 112 cm³/mol. The number of anilines is 1. The number of carbonyl (C=O) groups is 1. The minimum Gasteiger partial charge on any atom is -0.497 e. The number of rotatable bonds is 8. The first-order chi connectivity index (χ1) is 14.4. The molecule has 8 nitrogen and oxygen atoms in total. The van der Waals surface area contributed by atoms with Gasteiger partial charge >= 0.3 is 0 Å². The van der Waals surface area contributed by atoms with E-state index in [0.29, 0.717) is 49.9 Å². The number of nitrogens with zero attached hydrogens (tertiary/aromatic N) is 1. The van der Waals surface area contributed by atoms with Gasteiger partial charge in [-0.25, -0.2) is 8.42 Å². The fourth-order valence-electron chi connectivity index (χ4n) is 3.03. The Hall–Kier alpha value is -2.62. The zero-order valence-corrected chi connectivity index (χ0v) is 17.9. The normalized spacial score (nSPS) is 15.9. The lowest BCUT2D eigenvalue weighted by atomic mass is 10.2. The molecule has 1 aliphatic heterocycles. The molecule has 1 unspecified atom stereocenters. The number of hydrogen-bond donors (Lipinski definition) is 1. The summed E-state index contributed by atoms with van der Waals surface area (Å²) in [4.78, 5) is 12.8. The topological polar surface area (TPSA) is 94.2 Å². The van der Waals surface area contributed by atoms with Crippen molar-refractivity contribution in [1.82, 2.24) is 4.31 Å². The molecule has 2 aromatic rings. The molecule has 30 heavy (non-hydrogen) atoms. The maximum absolute atomic E-state index is 12.7. The Bertz CT molecular complexity index is 956. The van der Waals surface area contributed by atoms with Gasteiger partial charge in [-0.05, 0) is 42.8 Å². The van der Waals surface area contributed by atoms with Crippen LogP contribution in [0.2, 0.25) is 0 Å². The van der Waals surface area contributed by atoms with Crippen LogP contribution in [0.1, 0.15) is 13.3 Å². The molecule has 9 heteroatoms. The van der Waals surface area contributed by atoms with Crippen LogP contribution in [-0.2, 0) is 19.6 Å². The monoisotopic (exact) mass is 434 g/mol. The Morgan fingerprint density at radius 2 is 1.80 bits per heavy atom. The summed E-state index contributed by atoms with van der Waals surface area (Å²) >= 11 is 0. The molecule has 0 aromatic heterocycles. The van der Waals surface area contributed by atoms with Crippen LogP contribution >= 0.6 is 0 Å². The quantitative estimate of drug-likeness (QED) is 0.686. The van der Waals surface area contributed by atoms with Crippen molar-refractivity contribution < 1.29 is 27.4 Å². The Morgan fingerprint density at radius 3 is 2.43 bits per heavy atom. The molecular formula is C21H26N2O6S. The second kappa shape index (κ2) is 9.92. The third kappa shape index (κ3) is 5.29. The first-order valence-corrected chi connectivity index (χ1v) is 11.2. The Labute approximate surface area is 176 Å². The van der Waals surface area contributed by atoms with E-state index < -0.39 is 16.1 Å². The third-order valence-corrected chi connectivity index (χ3v) is 6.63. The van der Waals surface area contributed by atoms with Crippen LogP contribution in [0.5, 0.6) is 11.5 Å². The van der Waals surface area contributed by atoms with Crippen molar-refractivity contribution in [2.45, 2.75) is 24.3 Å². The molecule has 0 radical (unpaired) electrons. The zero-order valence-electron chi connectivity index (χ0n) is 17.0. The summed E-state index contributed by atoms with van der Waals surface area (Å²) in [7, 11) is -2.01. The molecule has 1 heterocycles. The highest BCUT2D eigenvalue weighted by Crippen LogP contribution is 2.22. The lowest BCUT2D eigenvalue weighted by molar-refractivity contribution is -0.122. The molecule has 1 aliphatic rings. The van der Waals surface area contributed by atoms with Gasteiger partial charge in [0.25, 0.3) is 5.91 Å². The average Bonchev–Trinajstić information content (AvgIpc) is 2.78. The molecular weight excluding hydrogens is 408 g/mol. The molecule has 0 saturated carbocycles. The minimum atomic E-state index is -3.57. The first-order valence-electron chi connectivity index (χ1n) is 9.73. The Balaban J connectivity index is 1.65. The van der Waals surface area contributed by atoms with Crippen molar-refractivity contribution in [2.75, 3.05) is 38.7 Å². The highest BCUT2D eigenvalue weighted by atomic mass is 32.2. The summed E-state index contributed by atoms with van der Waals surface area (Å²) in [6.07, 6.45) is -0.235. The highest BCUT2D eigenvalue weighted by molar-refractivity contribution is 7.89. The smallest absolute Gasteiger partial charge is 0.265 e. The van der Waals surface area contributed by atoms with Crippen molar-refractivity contribution in [1.29, 1.82) is 0 Å². The number of benzene rings is 2. The van der Waals surface area contributed by atoms with E-state index in [9.17, 15) is 13.2 Å². The van der Waals surface area contributed by atoms with E-state index in [1.807, 2.05) is 6.92 Å². The van der Waals surface area contributed by atoms with Crippen LogP contribution in [-0.4, -0.2) is 58.1 Å². The Morgan fingerprint density at radius 1 is 1.13 bits per heavy atom. The first kappa shape index (κ1) is 22.1. The summed E-state index contributed by atoms with van der Waals surface area (Å²) in [5, 5.41) is 2.78. The molecule has 1 N–H and O–H groups in total. The second-order valence-corrected chi connectivity index (χ2v) is 8.66. The van der Waals surface area contributed by atoms with E-state index in [2.05, 4.69) is 5.32 Å². The molecule has 1 saturated heterocycles. The van der Waals surface area contributed by atoms with Crippen molar-refractivity contribution >= 4 is 21.6 Å². The number of ether oxygens (including phenoxy) is 3. The maximum atomic E-state index is 12.7.